The van der Waals surface area contributed by atoms with Crippen molar-refractivity contribution in [3.63, 3.8) is 0 Å². The Kier molecular flexibility index (Phi) is 13.3. The first-order valence-electron chi connectivity index (χ1n) is 15.9. The maximum atomic E-state index is 13.7. The van der Waals surface area contributed by atoms with Crippen LogP contribution >= 0.6 is 0 Å². The summed E-state index contributed by atoms with van der Waals surface area (Å²) in [5.74, 6) is -1.10. The molecule has 9 atom stereocenters. The van der Waals surface area contributed by atoms with E-state index in [1.807, 2.05) is 67.6 Å². The minimum atomic E-state index is -1.14. The lowest BCUT2D eigenvalue weighted by molar-refractivity contribution is -0.258. The Hall–Kier alpha value is -4.97. The molecule has 0 N–H and O–H groups in total. The third-order valence-corrected chi connectivity index (χ3v) is 8.76. The number of hydrogen-bond donors (Lipinski definition) is 0. The Bertz CT molecular complexity index is 1510. The molecule has 1 aliphatic carbocycles. The predicted octanol–water partition coefficient (Wildman–Crippen LogP) is 7.50. The van der Waals surface area contributed by atoms with Crippen LogP contribution in [0.2, 0.25) is 0 Å². The van der Waals surface area contributed by atoms with Crippen molar-refractivity contribution in [2.45, 2.75) is 108 Å². The summed E-state index contributed by atoms with van der Waals surface area (Å²) in [5, 5.41) is 11.7. The Morgan fingerprint density at radius 1 is 0.896 bits per heavy atom. The summed E-state index contributed by atoms with van der Waals surface area (Å²) >= 11 is 0. The minimum Gasteiger partial charge on any atom is -0.459 e. The molecule has 2 fully saturated rings. The van der Waals surface area contributed by atoms with Gasteiger partial charge in [-0.1, -0.05) is 89.9 Å². The first-order chi connectivity index (χ1) is 23.3. The number of carbonyl (C=O) groups is 2. The van der Waals surface area contributed by atoms with Gasteiger partial charge in [0.05, 0.1) is 24.2 Å². The molecule has 0 aromatic heterocycles. The van der Waals surface area contributed by atoms with Crippen LogP contribution in [-0.2, 0) is 36.9 Å². The van der Waals surface area contributed by atoms with Crippen LogP contribution in [0.15, 0.2) is 76.0 Å². The molecule has 48 heavy (non-hydrogen) atoms. The highest BCUT2D eigenvalue weighted by molar-refractivity contribution is 5.68. The van der Waals surface area contributed by atoms with Crippen LogP contribution in [0.5, 0.6) is 0 Å². The molecule has 1 heterocycles. The summed E-state index contributed by atoms with van der Waals surface area (Å²) in [7, 11) is 0. The average molecular weight is 661 g/mol. The second-order valence-corrected chi connectivity index (χ2v) is 11.8. The topological polar surface area (TPSA) is 221 Å². The van der Waals surface area contributed by atoms with Gasteiger partial charge in [-0.15, -0.1) is 0 Å². The highest BCUT2D eigenvalue weighted by atomic mass is 16.7. The summed E-state index contributed by atoms with van der Waals surface area (Å²) in [6.45, 7) is 5.28. The van der Waals surface area contributed by atoms with Crippen molar-refractivity contribution in [3.05, 3.63) is 103 Å². The molecule has 16 nitrogen and oxygen atoms in total. The van der Waals surface area contributed by atoms with Gasteiger partial charge in [-0.05, 0) is 53.4 Å². The lowest BCUT2D eigenvalue weighted by Gasteiger charge is -2.46. The molecule has 16 heteroatoms. The molecule has 4 rings (SSSR count). The van der Waals surface area contributed by atoms with E-state index in [0.29, 0.717) is 19.3 Å². The van der Waals surface area contributed by atoms with Gasteiger partial charge in [-0.25, -0.2) is 4.79 Å². The van der Waals surface area contributed by atoms with Crippen molar-refractivity contribution in [3.8, 4) is 0 Å². The largest absolute Gasteiger partial charge is 0.459 e. The smallest absolute Gasteiger partial charge is 0.410 e. The van der Waals surface area contributed by atoms with E-state index in [1.54, 1.807) is 11.8 Å². The second kappa shape index (κ2) is 17.8. The number of ether oxygens (including phenoxy) is 4. The molecule has 9 unspecified atom stereocenters. The van der Waals surface area contributed by atoms with Crippen molar-refractivity contribution in [2.24, 2.45) is 21.3 Å². The summed E-state index contributed by atoms with van der Waals surface area (Å²) in [6.07, 6.45) is -2.77. The highest BCUT2D eigenvalue weighted by Crippen LogP contribution is 2.37. The number of esters is 1. The van der Waals surface area contributed by atoms with Gasteiger partial charge >= 0.3 is 12.1 Å². The van der Waals surface area contributed by atoms with Gasteiger partial charge in [-0.2, -0.15) is 0 Å². The predicted molar refractivity (Wildman–Crippen MR) is 174 cm³/mol. The maximum Gasteiger partial charge on any atom is 0.410 e. The van der Waals surface area contributed by atoms with Crippen molar-refractivity contribution >= 4 is 12.1 Å². The van der Waals surface area contributed by atoms with E-state index in [0.717, 1.165) is 11.1 Å². The van der Waals surface area contributed by atoms with E-state index in [-0.39, 0.29) is 19.6 Å². The van der Waals surface area contributed by atoms with Crippen LogP contribution in [0.1, 0.15) is 57.6 Å². The second-order valence-electron chi connectivity index (χ2n) is 11.8. The standard InChI is InChI=1S/C32H40N10O6/c1-4-27(42(18-22-11-7-5-8-12-22)32(44)45-19-23-13-9-6-10-14-23)28-16-15-24(36-39-33)31(47-28)48-30-26(38-41-35)17-25(37-40-34)20(2)29(30)46-21(3)43/h5-14,20,24-31H,4,15-19H2,1-3H3. The SMILES string of the molecule is CCC(C1CCC(N=[N+]=[N-])C(OC2C(N=[N+]=[N-])CC(N=[N+]=[N-])C(C)C2OC(C)=O)O1)N(Cc1ccccc1)C(=O)OCc1ccccc1. The molecule has 1 aliphatic heterocycles. The lowest BCUT2D eigenvalue weighted by atomic mass is 9.79. The Morgan fingerprint density at radius 2 is 1.50 bits per heavy atom. The number of rotatable bonds is 13. The molecule has 2 aliphatic rings. The highest BCUT2D eigenvalue weighted by Gasteiger charge is 2.48. The van der Waals surface area contributed by atoms with Gasteiger partial charge < -0.3 is 18.9 Å². The first kappa shape index (κ1) is 35.9. The van der Waals surface area contributed by atoms with Crippen LogP contribution < -0.4 is 0 Å². The number of nitrogens with zero attached hydrogens (tertiary/aromatic N) is 10. The summed E-state index contributed by atoms with van der Waals surface area (Å²) in [6, 6.07) is 16.1. The van der Waals surface area contributed by atoms with Crippen molar-refractivity contribution in [1.29, 1.82) is 0 Å². The van der Waals surface area contributed by atoms with E-state index in [4.69, 9.17) is 24.5 Å². The fourth-order valence-corrected chi connectivity index (χ4v) is 6.39. The fraction of sp³-hybridized carbons (Fsp3) is 0.562. The Morgan fingerprint density at radius 3 is 2.10 bits per heavy atom. The van der Waals surface area contributed by atoms with Crippen LogP contribution in [0.3, 0.4) is 0 Å². The number of azide groups is 3. The number of amides is 1. The number of hydrogen-bond acceptors (Lipinski definition) is 9. The van der Waals surface area contributed by atoms with Crippen molar-refractivity contribution in [1.82, 2.24) is 4.90 Å². The summed E-state index contributed by atoms with van der Waals surface area (Å²) in [5.41, 5.74) is 29.6. The molecule has 0 bridgehead atoms. The quantitative estimate of drug-likeness (QED) is 0.0914. The van der Waals surface area contributed by atoms with Crippen LogP contribution in [-0.4, -0.2) is 65.7 Å². The van der Waals surface area contributed by atoms with E-state index in [9.17, 15) is 20.7 Å². The van der Waals surface area contributed by atoms with Crippen LogP contribution in [0.4, 0.5) is 4.79 Å². The lowest BCUT2D eigenvalue weighted by Crippen LogP contribution is -2.57. The number of carbonyl (C=O) groups excluding carboxylic acids is 2. The van der Waals surface area contributed by atoms with E-state index in [2.05, 4.69) is 30.1 Å². The monoisotopic (exact) mass is 660 g/mol. The van der Waals surface area contributed by atoms with Gasteiger partial charge in [0.15, 0.2) is 6.29 Å². The number of benzene rings is 2. The molecular formula is C32H40N10O6. The molecule has 0 radical (unpaired) electrons. The van der Waals surface area contributed by atoms with Gasteiger partial charge in [0.2, 0.25) is 0 Å². The van der Waals surface area contributed by atoms with E-state index in [1.165, 1.54) is 6.92 Å². The molecule has 1 amide bonds. The molecule has 254 valence electrons. The summed E-state index contributed by atoms with van der Waals surface area (Å²) < 4.78 is 24.4. The van der Waals surface area contributed by atoms with E-state index >= 15 is 0 Å². The molecule has 2 aromatic carbocycles. The Balaban J connectivity index is 1.63. The van der Waals surface area contributed by atoms with Crippen LogP contribution in [0, 0.1) is 5.92 Å². The fourth-order valence-electron chi connectivity index (χ4n) is 6.39. The zero-order valence-corrected chi connectivity index (χ0v) is 27.1. The van der Waals surface area contributed by atoms with E-state index < -0.39 is 66.7 Å². The van der Waals surface area contributed by atoms with Gasteiger partial charge in [0.1, 0.15) is 18.8 Å². The molecule has 2 aromatic rings. The Labute approximate surface area is 278 Å². The molecular weight excluding hydrogens is 620 g/mol. The molecule has 1 saturated carbocycles. The first-order valence-corrected chi connectivity index (χ1v) is 15.9. The van der Waals surface area contributed by atoms with Crippen molar-refractivity contribution < 1.29 is 28.5 Å². The van der Waals surface area contributed by atoms with Gasteiger partial charge in [-0.3, -0.25) is 9.69 Å². The third-order valence-electron chi connectivity index (χ3n) is 8.76. The van der Waals surface area contributed by atoms with Gasteiger partial charge in [0, 0.05) is 40.2 Å². The van der Waals surface area contributed by atoms with Crippen LogP contribution in [0.25, 0.3) is 31.3 Å². The summed E-state index contributed by atoms with van der Waals surface area (Å²) in [4.78, 5) is 36.4. The molecule has 1 saturated heterocycles. The zero-order chi connectivity index (χ0) is 34.5. The minimum absolute atomic E-state index is 0.0899. The molecule has 0 spiro atoms. The normalized spacial score (nSPS) is 27.1. The third kappa shape index (κ3) is 9.31. The average Bonchev–Trinajstić information content (AvgIpc) is 3.09. The zero-order valence-electron chi connectivity index (χ0n) is 27.1. The van der Waals surface area contributed by atoms with Crippen molar-refractivity contribution in [2.75, 3.05) is 0 Å². The maximum absolute atomic E-state index is 13.7. The van der Waals surface area contributed by atoms with Gasteiger partial charge in [0.25, 0.3) is 0 Å².